The highest BCUT2D eigenvalue weighted by Crippen LogP contribution is 2.52. The fourth-order valence-electron chi connectivity index (χ4n) is 8.09. The maximum absolute atomic E-state index is 2.47. The maximum Gasteiger partial charge on any atom is 0.0561 e. The third-order valence-electron chi connectivity index (χ3n) is 10.6. The van der Waals surface area contributed by atoms with Crippen molar-refractivity contribution in [2.45, 2.75) is 17.1 Å². The standard InChI is InChI=1S/C49H37N3S/c1-34-15-14-24-43-45-32-44-42-30-29-41(51(37-20-10-4-11-21-37)38-22-12-5-13-23-38)31-46(42)52(47(44)33-48(45)53-49(34)43)40-27-25-39(26-28-40)50(35-16-6-2-7-17-35)36-18-8-3-9-19-36/h2-34,49H,1H3. The predicted molar refractivity (Wildman–Crippen MR) is 226 cm³/mol. The molecule has 3 nitrogen and oxygen atoms in total. The Kier molecular flexibility index (Phi) is 7.77. The Morgan fingerprint density at radius 2 is 0.981 bits per heavy atom. The summed E-state index contributed by atoms with van der Waals surface area (Å²) >= 11 is 2.01. The number of rotatable bonds is 7. The van der Waals surface area contributed by atoms with Gasteiger partial charge in [-0.05, 0) is 114 Å². The van der Waals surface area contributed by atoms with Crippen LogP contribution in [0.4, 0.5) is 34.1 Å². The van der Waals surface area contributed by atoms with E-state index < -0.39 is 0 Å². The van der Waals surface area contributed by atoms with Crippen molar-refractivity contribution in [1.29, 1.82) is 0 Å². The van der Waals surface area contributed by atoms with Crippen LogP contribution in [0.15, 0.2) is 199 Å². The van der Waals surface area contributed by atoms with E-state index in [0.29, 0.717) is 11.2 Å². The number of thioether (sulfide) groups is 1. The van der Waals surface area contributed by atoms with Crippen LogP contribution < -0.4 is 9.80 Å². The van der Waals surface area contributed by atoms with Crippen LogP contribution in [0.5, 0.6) is 0 Å². The lowest BCUT2D eigenvalue weighted by molar-refractivity contribution is 0.769. The van der Waals surface area contributed by atoms with Crippen molar-refractivity contribution in [3.63, 3.8) is 0 Å². The number of hydrogen-bond acceptors (Lipinski definition) is 3. The van der Waals surface area contributed by atoms with Crippen molar-refractivity contribution in [1.82, 2.24) is 4.57 Å². The molecule has 0 amide bonds. The van der Waals surface area contributed by atoms with Crippen LogP contribution >= 0.6 is 11.8 Å². The molecule has 1 aliphatic heterocycles. The Hall–Kier alpha value is -6.23. The highest BCUT2D eigenvalue weighted by atomic mass is 32.2. The highest BCUT2D eigenvalue weighted by Gasteiger charge is 2.33. The van der Waals surface area contributed by atoms with Gasteiger partial charge in [0.15, 0.2) is 0 Å². The molecule has 0 N–H and O–H groups in total. The van der Waals surface area contributed by atoms with E-state index in [0.717, 1.165) is 39.8 Å². The lowest BCUT2D eigenvalue weighted by atomic mass is 9.90. The molecule has 1 aliphatic carbocycles. The summed E-state index contributed by atoms with van der Waals surface area (Å²) in [7, 11) is 0. The fourth-order valence-corrected chi connectivity index (χ4v) is 9.49. The van der Waals surface area contributed by atoms with Gasteiger partial charge in [-0.25, -0.2) is 0 Å². The van der Waals surface area contributed by atoms with Crippen LogP contribution in [-0.2, 0) is 0 Å². The van der Waals surface area contributed by atoms with E-state index >= 15 is 0 Å². The molecule has 0 bridgehead atoms. The molecule has 53 heavy (non-hydrogen) atoms. The molecular formula is C49H37N3S. The number of hydrogen-bond donors (Lipinski definition) is 0. The summed E-state index contributed by atoms with van der Waals surface area (Å²) in [5.41, 5.74) is 13.1. The van der Waals surface area contributed by atoms with Crippen LogP contribution in [-0.4, -0.2) is 9.82 Å². The molecule has 0 fully saturated rings. The fraction of sp³-hybridized carbons (Fsp3) is 0.0612. The topological polar surface area (TPSA) is 11.4 Å². The van der Waals surface area contributed by atoms with Crippen molar-refractivity contribution in [2.75, 3.05) is 9.80 Å². The van der Waals surface area contributed by atoms with Crippen LogP contribution in [0.25, 0.3) is 33.1 Å². The van der Waals surface area contributed by atoms with Gasteiger partial charge in [-0.3, -0.25) is 0 Å². The molecule has 7 aromatic carbocycles. The quantitative estimate of drug-likeness (QED) is 0.164. The molecule has 0 radical (unpaired) electrons. The van der Waals surface area contributed by atoms with Gasteiger partial charge in [0.25, 0.3) is 0 Å². The monoisotopic (exact) mass is 699 g/mol. The number of fused-ring (bicyclic) bond motifs is 6. The Labute approximate surface area is 314 Å². The summed E-state index contributed by atoms with van der Waals surface area (Å²) < 4.78 is 2.47. The van der Waals surface area contributed by atoms with Gasteiger partial charge in [-0.1, -0.05) is 104 Å². The maximum atomic E-state index is 2.47. The van der Waals surface area contributed by atoms with Gasteiger partial charge in [-0.15, -0.1) is 11.8 Å². The molecule has 1 aromatic heterocycles. The van der Waals surface area contributed by atoms with Crippen molar-refractivity contribution in [3.05, 3.63) is 200 Å². The Balaban J connectivity index is 1.18. The molecule has 0 saturated carbocycles. The second kappa shape index (κ2) is 13.1. The number of para-hydroxylation sites is 4. The molecule has 2 heterocycles. The second-order valence-electron chi connectivity index (χ2n) is 13.8. The molecule has 0 saturated heterocycles. The molecule has 2 aliphatic rings. The lowest BCUT2D eigenvalue weighted by Crippen LogP contribution is -2.12. The minimum Gasteiger partial charge on any atom is -0.311 e. The second-order valence-corrected chi connectivity index (χ2v) is 15.0. The molecule has 10 rings (SSSR count). The predicted octanol–water partition coefficient (Wildman–Crippen LogP) is 13.8. The first-order valence-electron chi connectivity index (χ1n) is 18.3. The summed E-state index contributed by atoms with van der Waals surface area (Å²) in [6.07, 6.45) is 6.91. The zero-order chi connectivity index (χ0) is 35.3. The van der Waals surface area contributed by atoms with Crippen LogP contribution in [0, 0.1) is 5.92 Å². The molecule has 8 aromatic rings. The third kappa shape index (κ3) is 5.46. The smallest absolute Gasteiger partial charge is 0.0561 e. The normalized spacial score (nSPS) is 16.0. The molecule has 0 spiro atoms. The number of anilines is 6. The molecular weight excluding hydrogens is 663 g/mol. The lowest BCUT2D eigenvalue weighted by Gasteiger charge is -2.26. The first-order chi connectivity index (χ1) is 26.2. The molecule has 2 atom stereocenters. The molecule has 254 valence electrons. The van der Waals surface area contributed by atoms with Gasteiger partial charge < -0.3 is 14.4 Å². The van der Waals surface area contributed by atoms with E-state index in [-0.39, 0.29) is 0 Å². The van der Waals surface area contributed by atoms with Gasteiger partial charge >= 0.3 is 0 Å². The van der Waals surface area contributed by atoms with Gasteiger partial charge in [-0.2, -0.15) is 0 Å². The van der Waals surface area contributed by atoms with Crippen molar-refractivity contribution >= 4 is 73.3 Å². The van der Waals surface area contributed by atoms with Gasteiger partial charge in [0.2, 0.25) is 0 Å². The molecule has 4 heteroatoms. The first-order valence-corrected chi connectivity index (χ1v) is 19.2. The zero-order valence-corrected chi connectivity index (χ0v) is 30.2. The average Bonchev–Trinajstić information content (AvgIpc) is 3.74. The Bertz CT molecular complexity index is 2570. The largest absolute Gasteiger partial charge is 0.311 e. The summed E-state index contributed by atoms with van der Waals surface area (Å²) in [6.45, 7) is 2.34. The minimum atomic E-state index is 0.458. The minimum absolute atomic E-state index is 0.458. The van der Waals surface area contributed by atoms with E-state index in [1.165, 1.54) is 37.8 Å². The average molecular weight is 700 g/mol. The van der Waals surface area contributed by atoms with E-state index in [1.807, 2.05) is 11.8 Å². The van der Waals surface area contributed by atoms with Crippen LogP contribution in [0.2, 0.25) is 0 Å². The van der Waals surface area contributed by atoms with Crippen molar-refractivity contribution in [3.8, 4) is 5.69 Å². The van der Waals surface area contributed by atoms with Crippen molar-refractivity contribution < 1.29 is 0 Å². The molecule has 2 unspecified atom stereocenters. The van der Waals surface area contributed by atoms with Crippen LogP contribution in [0.3, 0.4) is 0 Å². The van der Waals surface area contributed by atoms with E-state index in [1.54, 1.807) is 0 Å². The zero-order valence-electron chi connectivity index (χ0n) is 29.4. The number of nitrogens with zero attached hydrogens (tertiary/aromatic N) is 3. The van der Waals surface area contributed by atoms with E-state index in [9.17, 15) is 0 Å². The number of allylic oxidation sites excluding steroid dienone is 3. The number of benzene rings is 7. The summed E-state index contributed by atoms with van der Waals surface area (Å²) in [6, 6.07) is 63.5. The first kappa shape index (κ1) is 31.5. The summed E-state index contributed by atoms with van der Waals surface area (Å²) in [4.78, 5) is 6.03. The van der Waals surface area contributed by atoms with Gasteiger partial charge in [0, 0.05) is 60.7 Å². The van der Waals surface area contributed by atoms with Crippen molar-refractivity contribution in [2.24, 2.45) is 5.92 Å². The van der Waals surface area contributed by atoms with Gasteiger partial charge in [0.1, 0.15) is 0 Å². The Morgan fingerprint density at radius 1 is 0.491 bits per heavy atom. The van der Waals surface area contributed by atoms with Crippen LogP contribution in [0.1, 0.15) is 12.5 Å². The Morgan fingerprint density at radius 3 is 1.55 bits per heavy atom. The summed E-state index contributed by atoms with van der Waals surface area (Å²) in [5.74, 6) is 0.500. The van der Waals surface area contributed by atoms with E-state index in [2.05, 4.69) is 215 Å². The SMILES string of the molecule is CC1C=CC=C2c3cc4c5ccc(N(c6ccccc6)c6ccccc6)cc5n(-c5ccc(N(c6ccccc6)c6ccccc6)cc5)c4cc3SC21. The highest BCUT2D eigenvalue weighted by molar-refractivity contribution is 8.01. The third-order valence-corrected chi connectivity index (χ3v) is 12.1. The van der Waals surface area contributed by atoms with E-state index in [4.69, 9.17) is 0 Å². The van der Waals surface area contributed by atoms with Gasteiger partial charge in [0.05, 0.1) is 11.0 Å². The number of aromatic nitrogens is 1. The summed E-state index contributed by atoms with van der Waals surface area (Å²) in [5, 5.41) is 2.99.